The first-order chi connectivity index (χ1) is 4.20. The maximum Gasteiger partial charge on any atom is 0.320 e. The summed E-state index contributed by atoms with van der Waals surface area (Å²) in [4.78, 5) is 10.1. The zero-order valence-electron chi connectivity index (χ0n) is 5.62. The number of carboxylic acid groups (broad SMARTS) is 1. The first-order valence-electron chi connectivity index (χ1n) is 3.18. The van der Waals surface area contributed by atoms with Gasteiger partial charge in [0.05, 0.1) is 0 Å². The largest absolute Gasteiger partial charge is 0.480 e. The van der Waals surface area contributed by atoms with Crippen LogP contribution in [-0.2, 0) is 4.79 Å². The van der Waals surface area contributed by atoms with Crippen LogP contribution in [0.15, 0.2) is 0 Å². The van der Waals surface area contributed by atoms with Crippen molar-refractivity contribution >= 4 is 18.4 Å². The Kier molecular flexibility index (Phi) is 3.68. The van der Waals surface area contributed by atoms with Crippen LogP contribution in [0.1, 0.15) is 19.3 Å². The normalized spacial score (nSPS) is 19.3. The number of aliphatic carboxylic acids is 1. The lowest BCUT2D eigenvalue weighted by Gasteiger charge is -2.02. The Labute approximate surface area is 66.0 Å². The molecule has 1 unspecified atom stereocenters. The van der Waals surface area contributed by atoms with E-state index in [1.54, 1.807) is 0 Å². The summed E-state index contributed by atoms with van der Waals surface area (Å²) >= 11 is 0. The van der Waals surface area contributed by atoms with Crippen molar-refractivity contribution in [2.24, 2.45) is 11.7 Å². The Morgan fingerprint density at radius 3 is 2.50 bits per heavy atom. The minimum atomic E-state index is -0.873. The zero-order chi connectivity index (χ0) is 6.85. The molecule has 4 heteroatoms. The minimum Gasteiger partial charge on any atom is -0.480 e. The Bertz CT molecular complexity index is 125. The summed E-state index contributed by atoms with van der Waals surface area (Å²) in [5, 5.41) is 8.33. The van der Waals surface area contributed by atoms with Gasteiger partial charge in [-0.25, -0.2) is 0 Å². The number of hydrogen-bond acceptors (Lipinski definition) is 2. The van der Waals surface area contributed by atoms with Crippen LogP contribution in [0.5, 0.6) is 0 Å². The molecule has 0 aromatic heterocycles. The molecule has 1 aliphatic carbocycles. The summed E-state index contributed by atoms with van der Waals surface area (Å²) in [6.07, 6.45) is 3.00. The molecule has 3 nitrogen and oxygen atoms in total. The number of nitrogens with two attached hydrogens (primary N) is 1. The topological polar surface area (TPSA) is 63.3 Å². The van der Waals surface area contributed by atoms with E-state index >= 15 is 0 Å². The Hall–Kier alpha value is -0.280. The number of rotatable bonds is 3. The highest BCUT2D eigenvalue weighted by atomic mass is 35.5. The lowest BCUT2D eigenvalue weighted by atomic mass is 10.1. The number of carbonyl (C=O) groups is 1. The van der Waals surface area contributed by atoms with Crippen LogP contribution in [0, 0.1) is 5.92 Å². The summed E-state index contributed by atoms with van der Waals surface area (Å²) < 4.78 is 0. The average Bonchev–Trinajstić information content (AvgIpc) is 2.50. The standard InChI is InChI=1S/C6H11NO2.ClH/c7-5(6(8)9)3-4-1-2-4;/h4-5H,1-3,7H2,(H,8,9);1H. The van der Waals surface area contributed by atoms with Crippen molar-refractivity contribution in [3.8, 4) is 0 Å². The van der Waals surface area contributed by atoms with Crippen molar-refractivity contribution in [1.29, 1.82) is 0 Å². The highest BCUT2D eigenvalue weighted by molar-refractivity contribution is 5.85. The predicted molar refractivity (Wildman–Crippen MR) is 40.2 cm³/mol. The van der Waals surface area contributed by atoms with Gasteiger partial charge in [-0.1, -0.05) is 12.8 Å². The quantitative estimate of drug-likeness (QED) is 0.645. The van der Waals surface area contributed by atoms with E-state index in [-0.39, 0.29) is 12.4 Å². The third kappa shape index (κ3) is 3.03. The highest BCUT2D eigenvalue weighted by Gasteiger charge is 2.26. The van der Waals surface area contributed by atoms with E-state index in [4.69, 9.17) is 10.8 Å². The van der Waals surface area contributed by atoms with Gasteiger partial charge in [-0.05, 0) is 12.3 Å². The van der Waals surface area contributed by atoms with Crippen molar-refractivity contribution < 1.29 is 9.90 Å². The maximum atomic E-state index is 10.1. The molecular weight excluding hydrogens is 154 g/mol. The van der Waals surface area contributed by atoms with Gasteiger partial charge in [0, 0.05) is 0 Å². The van der Waals surface area contributed by atoms with E-state index in [9.17, 15) is 4.79 Å². The smallest absolute Gasteiger partial charge is 0.320 e. The molecule has 3 N–H and O–H groups in total. The number of carboxylic acids is 1. The van der Waals surface area contributed by atoms with Gasteiger partial charge in [0.25, 0.3) is 0 Å². The molecule has 10 heavy (non-hydrogen) atoms. The lowest BCUT2D eigenvalue weighted by molar-refractivity contribution is -0.138. The molecule has 0 aromatic rings. The summed E-state index contributed by atoms with van der Waals surface area (Å²) in [5.41, 5.74) is 5.26. The SMILES string of the molecule is Cl.NC(CC1CC1)C(=O)O. The van der Waals surface area contributed by atoms with Gasteiger partial charge in [-0.3, -0.25) is 4.79 Å². The van der Waals surface area contributed by atoms with Gasteiger partial charge in [-0.15, -0.1) is 12.4 Å². The second kappa shape index (κ2) is 3.78. The highest BCUT2D eigenvalue weighted by Crippen LogP contribution is 2.32. The minimum absolute atomic E-state index is 0. The molecule has 0 saturated heterocycles. The zero-order valence-corrected chi connectivity index (χ0v) is 6.43. The van der Waals surface area contributed by atoms with Crippen LogP contribution in [0.25, 0.3) is 0 Å². The molecule has 1 fully saturated rings. The molecule has 0 aromatic carbocycles. The summed E-state index contributed by atoms with van der Waals surface area (Å²) in [6.45, 7) is 0. The monoisotopic (exact) mass is 165 g/mol. The third-order valence-corrected chi connectivity index (χ3v) is 1.60. The van der Waals surface area contributed by atoms with E-state index in [0.29, 0.717) is 12.3 Å². The molecule has 1 atom stereocenters. The summed E-state index contributed by atoms with van der Waals surface area (Å²) in [6, 6.07) is -0.627. The Morgan fingerprint density at radius 1 is 1.70 bits per heavy atom. The van der Waals surface area contributed by atoms with Crippen LogP contribution >= 0.6 is 12.4 Å². The van der Waals surface area contributed by atoms with Crippen LogP contribution in [0.3, 0.4) is 0 Å². The fourth-order valence-corrected chi connectivity index (χ4v) is 0.813. The Morgan fingerprint density at radius 2 is 2.20 bits per heavy atom. The van der Waals surface area contributed by atoms with Gasteiger partial charge < -0.3 is 10.8 Å². The Balaban J connectivity index is 0.000000810. The molecule has 1 saturated carbocycles. The van der Waals surface area contributed by atoms with Crippen LogP contribution in [0.4, 0.5) is 0 Å². The van der Waals surface area contributed by atoms with Gasteiger partial charge >= 0.3 is 5.97 Å². The van der Waals surface area contributed by atoms with Gasteiger partial charge in [0.15, 0.2) is 0 Å². The fourth-order valence-electron chi connectivity index (χ4n) is 0.813. The maximum absolute atomic E-state index is 10.1. The number of hydrogen-bond donors (Lipinski definition) is 2. The molecule has 60 valence electrons. The molecule has 1 rings (SSSR count). The van der Waals surface area contributed by atoms with E-state index in [2.05, 4.69) is 0 Å². The van der Waals surface area contributed by atoms with E-state index < -0.39 is 12.0 Å². The number of halogens is 1. The van der Waals surface area contributed by atoms with Gasteiger partial charge in [0.1, 0.15) is 6.04 Å². The molecule has 0 radical (unpaired) electrons. The summed E-state index contributed by atoms with van der Waals surface area (Å²) in [7, 11) is 0. The van der Waals surface area contributed by atoms with Crippen molar-refractivity contribution in [2.75, 3.05) is 0 Å². The first-order valence-corrected chi connectivity index (χ1v) is 3.18. The van der Waals surface area contributed by atoms with Crippen molar-refractivity contribution in [2.45, 2.75) is 25.3 Å². The molecular formula is C6H12ClNO2. The fraction of sp³-hybridized carbons (Fsp3) is 0.833. The van der Waals surface area contributed by atoms with Gasteiger partial charge in [0.2, 0.25) is 0 Å². The van der Waals surface area contributed by atoms with Crippen LogP contribution < -0.4 is 5.73 Å². The predicted octanol–water partition coefficient (Wildman–Crippen LogP) is 0.620. The van der Waals surface area contributed by atoms with Crippen LogP contribution in [-0.4, -0.2) is 17.1 Å². The van der Waals surface area contributed by atoms with E-state index in [1.807, 2.05) is 0 Å². The molecule has 0 heterocycles. The van der Waals surface area contributed by atoms with Gasteiger partial charge in [-0.2, -0.15) is 0 Å². The average molecular weight is 166 g/mol. The molecule has 0 aliphatic heterocycles. The van der Waals surface area contributed by atoms with Crippen LogP contribution in [0.2, 0.25) is 0 Å². The van der Waals surface area contributed by atoms with Crippen molar-refractivity contribution in [3.05, 3.63) is 0 Å². The summed E-state index contributed by atoms with van der Waals surface area (Å²) in [5.74, 6) is -0.266. The van der Waals surface area contributed by atoms with E-state index in [1.165, 1.54) is 12.8 Å². The first kappa shape index (κ1) is 9.72. The second-order valence-electron chi connectivity index (χ2n) is 2.62. The molecule has 0 bridgehead atoms. The molecule has 1 aliphatic rings. The molecule has 0 spiro atoms. The lowest BCUT2D eigenvalue weighted by Crippen LogP contribution is -2.30. The molecule has 0 amide bonds. The van der Waals surface area contributed by atoms with E-state index in [0.717, 1.165) is 0 Å². The second-order valence-corrected chi connectivity index (χ2v) is 2.62. The van der Waals surface area contributed by atoms with Crippen molar-refractivity contribution in [3.63, 3.8) is 0 Å². The van der Waals surface area contributed by atoms with Crippen molar-refractivity contribution in [1.82, 2.24) is 0 Å². The third-order valence-electron chi connectivity index (χ3n) is 1.60.